The smallest absolute Gasteiger partial charge is 0.257 e. The quantitative estimate of drug-likeness (QED) is 0.153. The lowest BCUT2D eigenvalue weighted by Gasteiger charge is -2.40. The Morgan fingerprint density at radius 1 is 0.901 bits per heavy atom. The number of carbonyl (C=O) groups is 4. The first-order valence-electron chi connectivity index (χ1n) is 24.9. The number of benzene rings is 2. The number of aromatic nitrogens is 3. The molecule has 3 fully saturated rings. The van der Waals surface area contributed by atoms with Gasteiger partial charge >= 0.3 is 0 Å². The second-order valence-corrected chi connectivity index (χ2v) is 20.5. The van der Waals surface area contributed by atoms with Crippen molar-refractivity contribution in [3.05, 3.63) is 117 Å². The molecule has 10 rings (SSSR count). The van der Waals surface area contributed by atoms with E-state index in [0.29, 0.717) is 67.4 Å². The average Bonchev–Trinajstić information content (AvgIpc) is 3.80. The molecule has 0 unspecified atom stereocenters. The summed E-state index contributed by atoms with van der Waals surface area (Å²) in [6, 6.07) is 13.5. The fraction of sp³-hybridized carbons (Fsp3) is 0.444. The van der Waals surface area contributed by atoms with Gasteiger partial charge in [-0.05, 0) is 118 Å². The van der Waals surface area contributed by atoms with Gasteiger partial charge in [0.2, 0.25) is 17.7 Å². The fourth-order valence-corrected chi connectivity index (χ4v) is 11.7. The number of fused-ring (bicyclic) bond motifs is 2. The van der Waals surface area contributed by atoms with Crippen molar-refractivity contribution in [2.75, 3.05) is 81.1 Å². The van der Waals surface area contributed by atoms with E-state index >= 15 is 4.39 Å². The molecule has 0 aliphatic carbocycles. The molecule has 5 aliphatic heterocycles. The van der Waals surface area contributed by atoms with E-state index in [4.69, 9.17) is 0 Å². The minimum absolute atomic E-state index is 0.0477. The maximum absolute atomic E-state index is 16.1. The highest BCUT2D eigenvalue weighted by Gasteiger charge is 2.49. The topological polar surface area (TPSA) is 148 Å². The predicted molar refractivity (Wildman–Crippen MR) is 270 cm³/mol. The van der Waals surface area contributed by atoms with Crippen LogP contribution in [0.5, 0.6) is 0 Å². The van der Waals surface area contributed by atoms with E-state index < -0.39 is 23.2 Å². The van der Waals surface area contributed by atoms with Gasteiger partial charge in [-0.25, -0.2) is 13.8 Å². The largest absolute Gasteiger partial charge is 0.386 e. The number of imide groups is 1. The molecule has 17 heteroatoms. The third kappa shape index (κ3) is 8.70. The van der Waals surface area contributed by atoms with Gasteiger partial charge in [0.1, 0.15) is 17.5 Å². The Kier molecular flexibility index (Phi) is 12.7. The number of aryl methyl sites for hydroxylation is 2. The SMILES string of the molecule is CNc1cc(=O)n(-c2ccnc3c2cc([C@H](C)N2CC=C(c4c(C)cc(C(=O)N5CCC(CN6CCN(c7ccc8c(c7)C(C)(C)C(=O)N8[C@@H]7CCC(=O)NC7=O)CC6)CC5)cc4F)CC2)n3C)cc1F. The number of likely N-dealkylation sites (tertiary alicyclic amines) is 1. The Morgan fingerprint density at radius 3 is 2.35 bits per heavy atom. The number of piperidine rings is 2. The molecule has 3 aromatic heterocycles. The first-order valence-corrected chi connectivity index (χ1v) is 24.9. The van der Waals surface area contributed by atoms with E-state index in [-0.39, 0.29) is 47.2 Å². The van der Waals surface area contributed by atoms with Crippen molar-refractivity contribution in [1.29, 1.82) is 0 Å². The third-order valence-corrected chi connectivity index (χ3v) is 15.9. The highest BCUT2D eigenvalue weighted by atomic mass is 19.1. The van der Waals surface area contributed by atoms with Gasteiger partial charge in [-0.2, -0.15) is 0 Å². The van der Waals surface area contributed by atoms with Crippen LogP contribution >= 0.6 is 0 Å². The summed E-state index contributed by atoms with van der Waals surface area (Å²) in [6.45, 7) is 14.7. The van der Waals surface area contributed by atoms with Gasteiger partial charge < -0.3 is 19.7 Å². The summed E-state index contributed by atoms with van der Waals surface area (Å²) in [4.78, 5) is 80.3. The zero-order chi connectivity index (χ0) is 50.0. The number of halogens is 2. The summed E-state index contributed by atoms with van der Waals surface area (Å²) in [7, 11) is 3.50. The average molecular weight is 969 g/mol. The number of nitrogens with zero attached hydrogens (tertiary/aromatic N) is 8. The molecule has 8 heterocycles. The summed E-state index contributed by atoms with van der Waals surface area (Å²) >= 11 is 0. The van der Waals surface area contributed by atoms with Gasteiger partial charge in [-0.1, -0.05) is 6.08 Å². The zero-order valence-corrected chi connectivity index (χ0v) is 41.4. The number of amides is 4. The van der Waals surface area contributed by atoms with Crippen molar-refractivity contribution < 1.29 is 28.0 Å². The van der Waals surface area contributed by atoms with Crippen LogP contribution in [0.25, 0.3) is 22.3 Å². The van der Waals surface area contributed by atoms with E-state index in [1.165, 1.54) is 22.9 Å². The first-order chi connectivity index (χ1) is 34.0. The lowest BCUT2D eigenvalue weighted by atomic mass is 9.86. The molecule has 5 aliphatic rings. The van der Waals surface area contributed by atoms with Crippen molar-refractivity contribution in [1.82, 2.24) is 34.1 Å². The molecular formula is C54H62F2N10O5. The second-order valence-electron chi connectivity index (χ2n) is 20.5. The molecule has 0 bridgehead atoms. The Bertz CT molecular complexity index is 3050. The van der Waals surface area contributed by atoms with Crippen LogP contribution in [0.3, 0.4) is 0 Å². The number of piperazine rings is 1. The van der Waals surface area contributed by atoms with E-state index in [1.54, 1.807) is 24.2 Å². The number of rotatable bonds is 10. The number of carbonyl (C=O) groups excluding carboxylic acids is 4. The van der Waals surface area contributed by atoms with Crippen LogP contribution in [0.1, 0.15) is 91.7 Å². The van der Waals surface area contributed by atoms with Crippen LogP contribution in [0, 0.1) is 24.5 Å². The van der Waals surface area contributed by atoms with Crippen molar-refractivity contribution in [3.8, 4) is 5.69 Å². The predicted octanol–water partition coefficient (Wildman–Crippen LogP) is 6.31. The number of anilines is 3. The van der Waals surface area contributed by atoms with Gasteiger partial charge in [0, 0.05) is 131 Å². The molecule has 2 N–H and O–H groups in total. The van der Waals surface area contributed by atoms with E-state index in [1.807, 2.05) is 61.6 Å². The van der Waals surface area contributed by atoms with Crippen molar-refractivity contribution in [2.45, 2.75) is 77.3 Å². The molecule has 0 radical (unpaired) electrons. The molecule has 5 aromatic rings. The third-order valence-electron chi connectivity index (χ3n) is 15.9. The summed E-state index contributed by atoms with van der Waals surface area (Å²) in [5.41, 5.74) is 6.43. The number of hydrogen-bond donors (Lipinski definition) is 2. The van der Waals surface area contributed by atoms with Crippen LogP contribution in [-0.2, 0) is 26.8 Å². The molecule has 372 valence electrons. The van der Waals surface area contributed by atoms with Crippen molar-refractivity contribution in [2.24, 2.45) is 13.0 Å². The highest BCUT2D eigenvalue weighted by molar-refractivity contribution is 6.14. The fourth-order valence-electron chi connectivity index (χ4n) is 11.7. The van der Waals surface area contributed by atoms with Crippen molar-refractivity contribution >= 4 is 57.3 Å². The van der Waals surface area contributed by atoms with Crippen LogP contribution in [-0.4, -0.2) is 124 Å². The van der Waals surface area contributed by atoms with Crippen LogP contribution in [0.4, 0.5) is 25.8 Å². The van der Waals surface area contributed by atoms with Crippen LogP contribution in [0.15, 0.2) is 71.8 Å². The van der Waals surface area contributed by atoms with Gasteiger partial charge in [-0.15, -0.1) is 0 Å². The lowest BCUT2D eigenvalue weighted by Crippen LogP contribution is -2.55. The molecule has 4 amide bonds. The summed E-state index contributed by atoms with van der Waals surface area (Å²) < 4.78 is 34.2. The molecule has 71 heavy (non-hydrogen) atoms. The standard InChI is InChI=1S/C54H62F2N10O5/c1-32-25-36(26-40(55)49(32)35-14-19-62(20-15-35)33(2)46-28-38-43(11-16-58-50(38)60(46)6)65-31-41(56)42(57-5)29-48(65)68)52(70)64-17-12-34(13-18-64)30-61-21-23-63(24-22-61)37-7-8-44-39(27-37)54(3,4)53(71)66(44)45-9-10-47(67)59-51(45)69/h7-8,11,14,16,25-29,31,33-34,45,57H,9-10,12-13,15,17-24,30H2,1-6H3,(H,59,67,69)/t33-,45+/m0/s1. The first kappa shape index (κ1) is 47.9. The Balaban J connectivity index is 0.725. The molecular weight excluding hydrogens is 907 g/mol. The Morgan fingerprint density at radius 2 is 1.66 bits per heavy atom. The van der Waals surface area contributed by atoms with Crippen molar-refractivity contribution in [3.63, 3.8) is 0 Å². The van der Waals surface area contributed by atoms with E-state index in [9.17, 15) is 28.4 Å². The monoisotopic (exact) mass is 968 g/mol. The van der Waals surface area contributed by atoms with E-state index in [0.717, 1.165) is 84.7 Å². The van der Waals surface area contributed by atoms with Gasteiger partial charge in [-0.3, -0.25) is 48.6 Å². The summed E-state index contributed by atoms with van der Waals surface area (Å²) in [5, 5.41) is 5.84. The van der Waals surface area contributed by atoms with Gasteiger partial charge in [0.25, 0.3) is 11.5 Å². The molecule has 0 saturated carbocycles. The summed E-state index contributed by atoms with van der Waals surface area (Å²) in [5.74, 6) is -1.47. The number of hydrogen-bond acceptors (Lipinski definition) is 10. The summed E-state index contributed by atoms with van der Waals surface area (Å²) in [6.07, 6.45) is 7.80. The maximum Gasteiger partial charge on any atom is 0.257 e. The highest BCUT2D eigenvalue weighted by Crippen LogP contribution is 2.45. The number of nitrogens with one attached hydrogen (secondary N) is 2. The zero-order valence-electron chi connectivity index (χ0n) is 41.4. The molecule has 2 aromatic carbocycles. The van der Waals surface area contributed by atoms with Gasteiger partial charge in [0.15, 0.2) is 5.82 Å². The molecule has 15 nitrogen and oxygen atoms in total. The Labute approximate surface area is 412 Å². The minimum atomic E-state index is -0.802. The minimum Gasteiger partial charge on any atom is -0.386 e. The van der Waals surface area contributed by atoms with Crippen LogP contribution in [0.2, 0.25) is 0 Å². The lowest BCUT2D eigenvalue weighted by molar-refractivity contribution is -0.136. The Hall–Kier alpha value is -6.72. The molecule has 3 saturated heterocycles. The molecule has 0 spiro atoms. The van der Waals surface area contributed by atoms with Crippen LogP contribution < -0.4 is 26.0 Å². The number of pyridine rings is 2. The van der Waals surface area contributed by atoms with Gasteiger partial charge in [0.05, 0.1) is 23.0 Å². The second kappa shape index (κ2) is 18.8. The normalized spacial score (nSPS) is 20.6. The maximum atomic E-state index is 16.1. The van der Waals surface area contributed by atoms with E-state index in [2.05, 4.69) is 49.4 Å². The molecule has 2 atom stereocenters.